The van der Waals surface area contributed by atoms with Gasteiger partial charge in [0, 0.05) is 93.5 Å². The molecule has 0 radical (unpaired) electrons. The van der Waals surface area contributed by atoms with E-state index in [4.69, 9.17) is 9.47 Å². The van der Waals surface area contributed by atoms with Gasteiger partial charge in [-0.15, -0.1) is 0 Å². The van der Waals surface area contributed by atoms with Crippen molar-refractivity contribution >= 4 is 57.0 Å². The molecular formula is C32H42N6O6. The third kappa shape index (κ3) is 8.83. The average Bonchev–Trinajstić information content (AvgIpc) is 3.52. The first kappa shape index (κ1) is 33.7. The minimum absolute atomic E-state index is 0.0289. The standard InChI is InChI=1S/C18H25N3O4.C14H17N3O2/c1-11(24-4)16-14(20-18(23)25-5)6-7-15-17(16)13(10-21(15)3)8-9-19-12(2)22;1-9(18)15-6-5-11-8-16-14-4-3-12(7-13(11)14)17-10(2)19/h6-7,10-11H,8-9H2,1-5H3,(H,19,22)(H,20,23);3-4,7-8,16H,5-6H2,1-2H3,(H,15,18)(H,17,19). The zero-order valence-corrected chi connectivity index (χ0v) is 26.3. The molecule has 1 unspecified atom stereocenters. The molecule has 44 heavy (non-hydrogen) atoms. The van der Waals surface area contributed by atoms with Gasteiger partial charge in [0.2, 0.25) is 17.7 Å². The Labute approximate surface area is 256 Å². The summed E-state index contributed by atoms with van der Waals surface area (Å²) in [6.45, 7) is 7.57. The molecule has 0 aliphatic carbocycles. The first-order chi connectivity index (χ1) is 20.9. The van der Waals surface area contributed by atoms with E-state index in [-0.39, 0.29) is 23.8 Å². The number of carbonyl (C=O) groups is 4. The maximum Gasteiger partial charge on any atom is 0.411 e. The molecule has 0 aliphatic rings. The van der Waals surface area contributed by atoms with Crippen LogP contribution in [0.2, 0.25) is 0 Å². The van der Waals surface area contributed by atoms with Crippen LogP contribution in [-0.4, -0.2) is 60.7 Å². The third-order valence-corrected chi connectivity index (χ3v) is 7.08. The van der Waals surface area contributed by atoms with Gasteiger partial charge in [-0.05, 0) is 61.2 Å². The van der Waals surface area contributed by atoms with Crippen molar-refractivity contribution < 1.29 is 28.7 Å². The summed E-state index contributed by atoms with van der Waals surface area (Å²) in [6, 6.07) is 9.53. The van der Waals surface area contributed by atoms with Gasteiger partial charge in [0.1, 0.15) is 0 Å². The fourth-order valence-electron chi connectivity index (χ4n) is 5.02. The molecule has 0 bridgehead atoms. The lowest BCUT2D eigenvalue weighted by molar-refractivity contribution is -0.119. The van der Waals surface area contributed by atoms with Gasteiger partial charge in [-0.25, -0.2) is 4.79 Å². The van der Waals surface area contributed by atoms with E-state index in [0.717, 1.165) is 50.6 Å². The Morgan fingerprint density at radius 2 is 1.55 bits per heavy atom. The number of H-pyrrole nitrogens is 1. The first-order valence-corrected chi connectivity index (χ1v) is 14.3. The minimum atomic E-state index is -0.528. The number of amides is 4. The topological polar surface area (TPSA) is 156 Å². The van der Waals surface area contributed by atoms with Gasteiger partial charge in [-0.1, -0.05) is 0 Å². The van der Waals surface area contributed by atoms with E-state index in [0.29, 0.717) is 25.2 Å². The predicted octanol–water partition coefficient (Wildman–Crippen LogP) is 4.55. The second-order valence-corrected chi connectivity index (χ2v) is 10.4. The highest BCUT2D eigenvalue weighted by Gasteiger charge is 2.20. The number of nitrogens with one attached hydrogen (secondary N) is 5. The van der Waals surface area contributed by atoms with Crippen molar-refractivity contribution in [2.75, 3.05) is 37.9 Å². The number of ether oxygens (including phenoxy) is 2. The van der Waals surface area contributed by atoms with Crippen LogP contribution in [0.25, 0.3) is 21.8 Å². The van der Waals surface area contributed by atoms with Gasteiger partial charge in [0.05, 0.1) is 18.9 Å². The Morgan fingerprint density at radius 1 is 0.886 bits per heavy atom. The lowest BCUT2D eigenvalue weighted by atomic mass is 9.98. The summed E-state index contributed by atoms with van der Waals surface area (Å²) < 4.78 is 12.3. The molecule has 2 aromatic carbocycles. The second kappa shape index (κ2) is 15.6. The van der Waals surface area contributed by atoms with Crippen molar-refractivity contribution in [2.24, 2.45) is 7.05 Å². The number of carbonyl (C=O) groups excluding carboxylic acids is 4. The number of aryl methyl sites for hydroxylation is 1. The van der Waals surface area contributed by atoms with E-state index in [1.54, 1.807) is 7.11 Å². The first-order valence-electron chi connectivity index (χ1n) is 14.3. The highest BCUT2D eigenvalue weighted by atomic mass is 16.5. The lowest BCUT2D eigenvalue weighted by Crippen LogP contribution is -2.22. The molecule has 4 aromatic rings. The van der Waals surface area contributed by atoms with Crippen molar-refractivity contribution in [1.82, 2.24) is 20.2 Å². The van der Waals surface area contributed by atoms with E-state index >= 15 is 0 Å². The summed E-state index contributed by atoms with van der Waals surface area (Å²) in [7, 11) is 4.93. The summed E-state index contributed by atoms with van der Waals surface area (Å²) in [5.74, 6) is -0.174. The molecule has 0 saturated carbocycles. The second-order valence-electron chi connectivity index (χ2n) is 10.4. The summed E-state index contributed by atoms with van der Waals surface area (Å²) in [4.78, 5) is 47.9. The number of fused-ring (bicyclic) bond motifs is 2. The summed E-state index contributed by atoms with van der Waals surface area (Å²) in [5.41, 5.74) is 6.58. The monoisotopic (exact) mass is 606 g/mol. The Kier molecular flexibility index (Phi) is 11.9. The van der Waals surface area contributed by atoms with Crippen LogP contribution in [-0.2, 0) is 43.7 Å². The summed E-state index contributed by atoms with van der Waals surface area (Å²) in [5, 5.41) is 13.2. The van der Waals surface area contributed by atoms with Crippen molar-refractivity contribution in [1.29, 1.82) is 0 Å². The summed E-state index contributed by atoms with van der Waals surface area (Å²) >= 11 is 0. The largest absolute Gasteiger partial charge is 0.453 e. The zero-order chi connectivity index (χ0) is 32.4. The molecule has 12 nitrogen and oxygen atoms in total. The molecule has 4 rings (SSSR count). The van der Waals surface area contributed by atoms with Crippen LogP contribution in [0.15, 0.2) is 42.7 Å². The fraction of sp³-hybridized carbons (Fsp3) is 0.375. The van der Waals surface area contributed by atoms with Gasteiger partial charge in [-0.2, -0.15) is 0 Å². The van der Waals surface area contributed by atoms with Crippen molar-refractivity contribution in [3.63, 3.8) is 0 Å². The van der Waals surface area contributed by atoms with E-state index in [9.17, 15) is 19.2 Å². The van der Waals surface area contributed by atoms with Crippen molar-refractivity contribution in [3.8, 4) is 0 Å². The molecule has 1 atom stereocenters. The van der Waals surface area contributed by atoms with Crippen molar-refractivity contribution in [3.05, 3.63) is 59.4 Å². The van der Waals surface area contributed by atoms with Crippen LogP contribution < -0.4 is 21.3 Å². The molecule has 2 aromatic heterocycles. The molecule has 5 N–H and O–H groups in total. The number of methoxy groups -OCH3 is 2. The van der Waals surface area contributed by atoms with Gasteiger partial charge in [0.25, 0.3) is 0 Å². The molecule has 4 amide bonds. The fourth-order valence-corrected chi connectivity index (χ4v) is 5.02. The number of hydrogen-bond donors (Lipinski definition) is 5. The Balaban J connectivity index is 0.000000249. The molecule has 2 heterocycles. The van der Waals surface area contributed by atoms with Crippen LogP contribution >= 0.6 is 0 Å². The van der Waals surface area contributed by atoms with Crippen LogP contribution in [0, 0.1) is 0 Å². The number of benzene rings is 2. The zero-order valence-electron chi connectivity index (χ0n) is 26.3. The molecule has 0 fully saturated rings. The number of aromatic nitrogens is 2. The van der Waals surface area contributed by atoms with E-state index in [2.05, 4.69) is 26.3 Å². The molecule has 0 aliphatic heterocycles. The van der Waals surface area contributed by atoms with Crippen LogP contribution in [0.5, 0.6) is 0 Å². The Bertz CT molecular complexity index is 1640. The number of rotatable bonds is 10. The maximum atomic E-state index is 11.7. The quantitative estimate of drug-likeness (QED) is 0.178. The van der Waals surface area contributed by atoms with E-state index in [1.165, 1.54) is 27.9 Å². The number of anilines is 2. The van der Waals surface area contributed by atoms with Gasteiger partial charge >= 0.3 is 6.09 Å². The number of nitrogens with zero attached hydrogens (tertiary/aromatic N) is 1. The van der Waals surface area contributed by atoms with Crippen LogP contribution in [0.3, 0.4) is 0 Å². The van der Waals surface area contributed by atoms with E-state index < -0.39 is 6.09 Å². The SMILES string of the molecule is CC(=O)NCCc1c[nH]c2ccc(NC(C)=O)cc12.COC(=O)Nc1ccc2c(c(CCNC(C)=O)cn2C)c1C(C)OC. The van der Waals surface area contributed by atoms with Gasteiger partial charge in [-0.3, -0.25) is 19.7 Å². The highest BCUT2D eigenvalue weighted by Crippen LogP contribution is 2.36. The smallest absolute Gasteiger partial charge is 0.411 e. The molecule has 236 valence electrons. The Hall–Kier alpha value is -4.84. The third-order valence-electron chi connectivity index (χ3n) is 7.08. The normalized spacial score (nSPS) is 11.3. The molecule has 0 spiro atoms. The van der Waals surface area contributed by atoms with Crippen molar-refractivity contribution in [2.45, 2.75) is 46.6 Å². The Morgan fingerprint density at radius 3 is 2.14 bits per heavy atom. The van der Waals surface area contributed by atoms with Crippen LogP contribution in [0.1, 0.15) is 50.5 Å². The average molecular weight is 607 g/mol. The highest BCUT2D eigenvalue weighted by molar-refractivity contribution is 5.96. The number of hydrogen-bond acceptors (Lipinski definition) is 6. The maximum absolute atomic E-state index is 11.7. The van der Waals surface area contributed by atoms with Gasteiger partial charge < -0.3 is 35.0 Å². The van der Waals surface area contributed by atoms with E-state index in [1.807, 2.05) is 61.3 Å². The molecule has 0 saturated heterocycles. The molecular weight excluding hydrogens is 564 g/mol. The predicted molar refractivity (Wildman–Crippen MR) is 172 cm³/mol. The summed E-state index contributed by atoms with van der Waals surface area (Å²) in [6.07, 6.45) is 4.66. The van der Waals surface area contributed by atoms with Gasteiger partial charge in [0.15, 0.2) is 0 Å². The minimum Gasteiger partial charge on any atom is -0.453 e. The van der Waals surface area contributed by atoms with Crippen LogP contribution in [0.4, 0.5) is 16.2 Å². The molecule has 12 heteroatoms. The lowest BCUT2D eigenvalue weighted by Gasteiger charge is -2.18. The number of aromatic amines is 1.